The van der Waals surface area contributed by atoms with Gasteiger partial charge >= 0.3 is 0 Å². The van der Waals surface area contributed by atoms with Gasteiger partial charge in [-0.15, -0.1) is 0 Å². The van der Waals surface area contributed by atoms with E-state index in [0.717, 1.165) is 0 Å². The zero-order valence-corrected chi connectivity index (χ0v) is 39.8. The van der Waals surface area contributed by atoms with Crippen LogP contribution in [0.4, 0.5) is 8.78 Å². The van der Waals surface area contributed by atoms with Crippen LogP contribution >= 0.6 is 0 Å². The molecule has 0 fully saturated rings. The lowest BCUT2D eigenvalue weighted by Gasteiger charge is -2.39. The summed E-state index contributed by atoms with van der Waals surface area (Å²) in [4.78, 5) is 0. The highest BCUT2D eigenvalue weighted by Crippen LogP contribution is 2.18. The van der Waals surface area contributed by atoms with E-state index in [0.29, 0.717) is 0 Å². The van der Waals surface area contributed by atoms with E-state index >= 15 is 0 Å². The average Bonchev–Trinajstić information content (AvgIpc) is 3.20. The lowest BCUT2D eigenvalue weighted by Crippen LogP contribution is -2.50. The van der Waals surface area contributed by atoms with Crippen LogP contribution in [-0.2, 0) is 0 Å². The number of hydrogen-bond donors (Lipinski definition) is 0. The third kappa shape index (κ3) is 27.6. The van der Waals surface area contributed by atoms with Crippen LogP contribution < -0.4 is 10.9 Å². The van der Waals surface area contributed by atoms with Crippen LogP contribution in [0.15, 0.2) is 36.4 Å². The molecule has 0 spiro atoms. The highest BCUT2D eigenvalue weighted by atomic mass is 19.1. The Morgan fingerprint density at radius 3 is 0.891 bits per heavy atom. The molecule has 0 atom stereocenters. The highest BCUT2D eigenvalue weighted by molar-refractivity contribution is 6.53. The molecule has 0 bridgehead atoms. The van der Waals surface area contributed by atoms with Crippen LogP contribution in [0.3, 0.4) is 0 Å². The van der Waals surface area contributed by atoms with Gasteiger partial charge in [-0.3, -0.25) is 0 Å². The minimum absolute atomic E-state index is 0.0746. The molecule has 0 saturated heterocycles. The summed E-state index contributed by atoms with van der Waals surface area (Å²) in [6.45, 7) is 38.4. The van der Waals surface area contributed by atoms with Crippen molar-refractivity contribution in [2.45, 2.75) is 192 Å². The fourth-order valence-electron chi connectivity index (χ4n) is 8.00. The van der Waals surface area contributed by atoms with Gasteiger partial charge in [-0.05, 0) is 91.9 Å². The summed E-state index contributed by atoms with van der Waals surface area (Å²) < 4.78 is 28.1. The van der Waals surface area contributed by atoms with E-state index in [1.165, 1.54) is 205 Å². The first-order valence-corrected chi connectivity index (χ1v) is 24.5. The summed E-state index contributed by atoms with van der Waals surface area (Å²) in [5.74, 6) is -0.200. The van der Waals surface area contributed by atoms with Gasteiger partial charge in [0.2, 0.25) is 0 Å². The molecule has 0 aliphatic carbocycles. The minimum atomic E-state index is -0.105. The van der Waals surface area contributed by atoms with Gasteiger partial charge in [-0.2, -0.15) is 13.1 Å². The third-order valence-electron chi connectivity index (χ3n) is 12.1. The summed E-state index contributed by atoms with van der Waals surface area (Å²) >= 11 is 0. The lowest BCUT2D eigenvalue weighted by atomic mass is 9.66. The molecule has 0 saturated carbocycles. The van der Waals surface area contributed by atoms with Crippen molar-refractivity contribution in [1.82, 2.24) is 0 Å². The number of nitrogens with zero attached hydrogens (tertiary/aromatic N) is 2. The zero-order chi connectivity index (χ0) is 41.8. The Bertz CT molecular complexity index is 1030. The van der Waals surface area contributed by atoms with E-state index < -0.39 is 0 Å². The lowest BCUT2D eigenvalue weighted by molar-refractivity contribution is -0.929. The largest absolute Gasteiger partial charge is 0.324 e. The van der Waals surface area contributed by atoms with Crippen molar-refractivity contribution in [2.24, 2.45) is 0 Å². The Morgan fingerprint density at radius 1 is 0.418 bits per heavy atom. The second-order valence-electron chi connectivity index (χ2n) is 17.3. The maximum absolute atomic E-state index is 12.7. The molecule has 0 aliphatic heterocycles. The van der Waals surface area contributed by atoms with Crippen LogP contribution in [0.2, 0.25) is 13.1 Å². The molecule has 55 heavy (non-hydrogen) atoms. The zero-order valence-electron chi connectivity index (χ0n) is 39.8. The van der Waals surface area contributed by atoms with Crippen LogP contribution in [0.1, 0.15) is 176 Å². The summed E-state index contributed by atoms with van der Waals surface area (Å²) in [7, 11) is -0.163. The van der Waals surface area contributed by atoms with Crippen molar-refractivity contribution in [3.8, 4) is 0 Å². The first kappa shape index (κ1) is 55.4. The molecule has 0 radical (unpaired) electrons. The molecule has 0 unspecified atom stereocenters. The first-order valence-electron chi connectivity index (χ1n) is 24.5. The van der Waals surface area contributed by atoms with Gasteiger partial charge in [0.15, 0.2) is 0 Å². The van der Waals surface area contributed by atoms with Gasteiger partial charge in [0.25, 0.3) is 0 Å². The number of benzene rings is 2. The molecule has 0 aromatic heterocycles. The van der Waals surface area contributed by atoms with Crippen molar-refractivity contribution < 1.29 is 17.7 Å². The molecule has 2 aromatic carbocycles. The molecular formula is C49H96B2F2N2. The number of unbranched alkanes of at least 4 members (excludes halogenated alkanes) is 8. The Kier molecular flexibility index (Phi) is 37.0. The maximum Gasteiger partial charge on any atom is 0.120 e. The number of rotatable bonds is 27. The molecule has 322 valence electrons. The number of hydrogen-bond acceptors (Lipinski definition) is 0. The van der Waals surface area contributed by atoms with Gasteiger partial charge in [-0.1, -0.05) is 149 Å². The maximum atomic E-state index is 12.7. The monoisotopic (exact) mass is 773 g/mol. The second-order valence-corrected chi connectivity index (χ2v) is 17.3. The molecule has 0 heterocycles. The van der Waals surface area contributed by atoms with E-state index in [1.54, 1.807) is 12.1 Å². The van der Waals surface area contributed by atoms with Crippen molar-refractivity contribution in [2.75, 3.05) is 52.4 Å². The topological polar surface area (TPSA) is 0 Å². The minimum Gasteiger partial charge on any atom is -0.324 e. The van der Waals surface area contributed by atoms with Gasteiger partial charge in [0.05, 0.1) is 52.4 Å². The van der Waals surface area contributed by atoms with E-state index in [1.807, 2.05) is 26.0 Å². The third-order valence-corrected chi connectivity index (χ3v) is 12.1. The molecule has 2 rings (SSSR count). The van der Waals surface area contributed by atoms with E-state index in [9.17, 15) is 8.78 Å². The molecule has 2 nitrogen and oxygen atoms in total. The summed E-state index contributed by atoms with van der Waals surface area (Å²) in [5, 5.41) is 0. The van der Waals surface area contributed by atoms with Crippen LogP contribution in [-0.4, -0.2) is 75.9 Å². The van der Waals surface area contributed by atoms with Gasteiger partial charge in [-0.25, -0.2) is 19.7 Å². The molecule has 2 aromatic rings. The van der Waals surface area contributed by atoms with Crippen LogP contribution in [0.25, 0.3) is 0 Å². The van der Waals surface area contributed by atoms with E-state index in [2.05, 4.69) is 69.1 Å². The predicted molar refractivity (Wildman–Crippen MR) is 254 cm³/mol. The molecule has 0 aliphatic rings. The second kappa shape index (κ2) is 36.7. The van der Waals surface area contributed by atoms with Crippen LogP contribution in [0, 0.1) is 25.5 Å². The van der Waals surface area contributed by atoms with Crippen molar-refractivity contribution in [3.63, 3.8) is 0 Å². The Morgan fingerprint density at radius 2 is 0.673 bits per heavy atom. The quantitative estimate of drug-likeness (QED) is 0.0627. The molecule has 0 amide bonds. The Balaban J connectivity index is 0. The molecule has 0 N–H and O–H groups in total. The smallest absolute Gasteiger partial charge is 0.120 e. The number of aryl methyl sites for hydroxylation is 2. The average molecular weight is 773 g/mol. The summed E-state index contributed by atoms with van der Waals surface area (Å²) in [6.07, 6.45) is 23.3. The molecule has 6 heteroatoms. The van der Waals surface area contributed by atoms with E-state index in [4.69, 9.17) is 0 Å². The summed E-state index contributed by atoms with van der Waals surface area (Å²) in [6, 6.07) is 10.1. The Hall–Kier alpha value is -1.65. The van der Waals surface area contributed by atoms with Crippen molar-refractivity contribution in [1.29, 1.82) is 0 Å². The highest BCUT2D eigenvalue weighted by Gasteiger charge is 2.25. The summed E-state index contributed by atoms with van der Waals surface area (Å²) in [5.41, 5.74) is 4.95. The SMILES string of the molecule is CCCC[N+](CCCC)(CCCC)CCCC.CCCC[N+](CCCC)(CCCC)CCCC.CC[BH2-]c1cc(F)ccc1C.C[BH2-]c1cc(F)ccc1C. The molecular weight excluding hydrogens is 676 g/mol. The number of halogens is 2. The normalized spacial score (nSPS) is 11.2. The predicted octanol–water partition coefficient (Wildman–Crippen LogP) is 12.3. The number of quaternary nitrogens is 2. The van der Waals surface area contributed by atoms with Gasteiger partial charge < -0.3 is 8.97 Å². The van der Waals surface area contributed by atoms with Gasteiger partial charge in [0.1, 0.15) is 11.6 Å². The van der Waals surface area contributed by atoms with E-state index in [-0.39, 0.29) is 26.2 Å². The first-order chi connectivity index (χ1) is 26.5. The van der Waals surface area contributed by atoms with Gasteiger partial charge in [0, 0.05) is 0 Å². The Labute approximate surface area is 345 Å². The standard InChI is InChI=1S/2C16H36N.C9H13BF.C8H11BF/c2*1-5-9-13-17(14-10-6-2,15-11-7-3)16-12-8-4;1-3-10-9-6-8(11)5-4-7(9)2;1-6-3-4-7(10)5-8(6)9-2/h2*5-16H2,1-4H3;4-6H,3,10H2,1-2H3;3-5H,9H2,1-2H3/q2*+1;2*-1. The fraction of sp³-hybridized carbons (Fsp3) is 0.755. The van der Waals surface area contributed by atoms with Crippen molar-refractivity contribution >= 4 is 25.5 Å². The van der Waals surface area contributed by atoms with Crippen molar-refractivity contribution in [3.05, 3.63) is 59.2 Å². The fourth-order valence-corrected chi connectivity index (χ4v) is 8.00. The van der Waals surface area contributed by atoms with Crippen LogP contribution in [0.5, 0.6) is 0 Å².